The Morgan fingerprint density at radius 3 is 2.57 bits per heavy atom. The number of amides is 1. The number of hydrogen-bond donors (Lipinski definition) is 3. The molecule has 4 nitrogen and oxygen atoms in total. The number of phenolic OH excluding ortho intramolecular Hbond substituents is 1. The summed E-state index contributed by atoms with van der Waals surface area (Å²) >= 11 is 12.2. The van der Waals surface area contributed by atoms with Gasteiger partial charge in [-0.05, 0) is 55.5 Å². The summed E-state index contributed by atoms with van der Waals surface area (Å²) in [4.78, 5) is 12.8. The summed E-state index contributed by atoms with van der Waals surface area (Å²) in [6.07, 6.45) is -0.676. The Labute approximate surface area is 171 Å². The van der Waals surface area contributed by atoms with Gasteiger partial charge in [-0.15, -0.1) is 0 Å². The first-order valence-corrected chi connectivity index (χ1v) is 9.56. The molecule has 1 atom stereocenters. The Morgan fingerprint density at radius 2 is 1.89 bits per heavy atom. The van der Waals surface area contributed by atoms with E-state index in [2.05, 4.69) is 5.32 Å². The maximum Gasteiger partial charge on any atom is 0.253 e. The predicted octanol–water partition coefficient (Wildman–Crippen LogP) is 4.95. The van der Waals surface area contributed by atoms with Crippen molar-refractivity contribution < 1.29 is 23.8 Å². The van der Waals surface area contributed by atoms with Crippen molar-refractivity contribution in [3.05, 3.63) is 63.4 Å². The van der Waals surface area contributed by atoms with Crippen molar-refractivity contribution in [2.75, 3.05) is 0 Å². The summed E-state index contributed by atoms with van der Waals surface area (Å²) in [5, 5.41) is 23.4. The Hall–Kier alpha value is -1.89. The number of aliphatic hydroxyl groups is 1. The minimum atomic E-state index is -1.51. The van der Waals surface area contributed by atoms with Crippen LogP contribution in [0.4, 0.5) is 8.78 Å². The molecule has 3 rings (SSSR count). The van der Waals surface area contributed by atoms with E-state index in [9.17, 15) is 23.8 Å². The molecule has 3 N–H and O–H groups in total. The molecule has 0 bridgehead atoms. The van der Waals surface area contributed by atoms with E-state index in [-0.39, 0.29) is 52.6 Å². The van der Waals surface area contributed by atoms with E-state index in [1.54, 1.807) is 0 Å². The highest BCUT2D eigenvalue weighted by atomic mass is 35.5. The van der Waals surface area contributed by atoms with E-state index in [1.807, 2.05) is 0 Å². The SMILES string of the molecule is O=C(NC(c1cccc(F)c1Cl)C1(O)CCC(F)CC1)c1cc(O)ccc1Cl. The van der Waals surface area contributed by atoms with Crippen LogP contribution in [0, 0.1) is 5.82 Å². The highest BCUT2D eigenvalue weighted by molar-refractivity contribution is 6.34. The molecular formula is C20H19Cl2F2NO3. The molecule has 2 aromatic rings. The Balaban J connectivity index is 2.00. The van der Waals surface area contributed by atoms with Gasteiger partial charge in [-0.1, -0.05) is 35.3 Å². The van der Waals surface area contributed by atoms with Gasteiger partial charge >= 0.3 is 0 Å². The molecule has 150 valence electrons. The molecule has 28 heavy (non-hydrogen) atoms. The lowest BCUT2D eigenvalue weighted by Crippen LogP contribution is -2.48. The number of nitrogens with one attached hydrogen (secondary N) is 1. The highest BCUT2D eigenvalue weighted by Crippen LogP contribution is 2.42. The summed E-state index contributed by atoms with van der Waals surface area (Å²) in [6.45, 7) is 0. The number of hydrogen-bond acceptors (Lipinski definition) is 3. The first-order valence-electron chi connectivity index (χ1n) is 8.81. The molecule has 1 unspecified atom stereocenters. The quantitative estimate of drug-likeness (QED) is 0.643. The van der Waals surface area contributed by atoms with E-state index in [0.29, 0.717) is 0 Å². The van der Waals surface area contributed by atoms with Crippen LogP contribution in [0.3, 0.4) is 0 Å². The maximum absolute atomic E-state index is 14.0. The smallest absolute Gasteiger partial charge is 0.253 e. The molecule has 1 aliphatic rings. The van der Waals surface area contributed by atoms with E-state index >= 15 is 0 Å². The molecule has 8 heteroatoms. The summed E-state index contributed by atoms with van der Waals surface area (Å²) in [6, 6.07) is 6.87. The van der Waals surface area contributed by atoms with Crippen LogP contribution in [0.25, 0.3) is 0 Å². The van der Waals surface area contributed by atoms with Gasteiger partial charge < -0.3 is 15.5 Å². The van der Waals surface area contributed by atoms with E-state index < -0.39 is 29.5 Å². The average molecular weight is 430 g/mol. The van der Waals surface area contributed by atoms with Crippen LogP contribution in [0.15, 0.2) is 36.4 Å². The molecule has 2 aromatic carbocycles. The van der Waals surface area contributed by atoms with Gasteiger partial charge in [0.25, 0.3) is 5.91 Å². The fourth-order valence-corrected chi connectivity index (χ4v) is 3.95. The number of benzene rings is 2. The fraction of sp³-hybridized carbons (Fsp3) is 0.350. The second-order valence-electron chi connectivity index (χ2n) is 6.99. The number of aromatic hydroxyl groups is 1. The molecule has 0 spiro atoms. The molecule has 0 aliphatic heterocycles. The molecule has 1 amide bonds. The maximum atomic E-state index is 14.0. The summed E-state index contributed by atoms with van der Waals surface area (Å²) < 4.78 is 27.7. The monoisotopic (exact) mass is 429 g/mol. The number of alkyl halides is 1. The number of phenols is 1. The normalized spacial score (nSPS) is 23.2. The third-order valence-corrected chi connectivity index (χ3v) is 5.81. The van der Waals surface area contributed by atoms with Crippen LogP contribution >= 0.6 is 23.2 Å². The van der Waals surface area contributed by atoms with Crippen LogP contribution in [0.2, 0.25) is 10.0 Å². The van der Waals surface area contributed by atoms with Crippen molar-refractivity contribution in [3.8, 4) is 5.75 Å². The number of halogens is 4. The largest absolute Gasteiger partial charge is 0.508 e. The van der Waals surface area contributed by atoms with Crippen molar-refractivity contribution >= 4 is 29.1 Å². The van der Waals surface area contributed by atoms with Gasteiger partial charge in [-0.2, -0.15) is 0 Å². The summed E-state index contributed by atoms with van der Waals surface area (Å²) in [5.74, 6) is -1.54. The van der Waals surface area contributed by atoms with E-state index in [4.69, 9.17) is 23.2 Å². The first kappa shape index (κ1) is 20.8. The lowest BCUT2D eigenvalue weighted by atomic mass is 9.76. The standard InChI is InChI=1S/C20H19Cl2F2NO3/c21-15-5-4-12(26)10-14(15)19(27)25-18(13-2-1-3-16(24)17(13)22)20(28)8-6-11(23)7-9-20/h1-5,10-11,18,26,28H,6-9H2,(H,25,27). The van der Waals surface area contributed by atoms with Crippen molar-refractivity contribution in [2.24, 2.45) is 0 Å². The van der Waals surface area contributed by atoms with Crippen LogP contribution in [0.1, 0.15) is 47.6 Å². The van der Waals surface area contributed by atoms with Crippen molar-refractivity contribution in [1.29, 1.82) is 0 Å². The second kappa shape index (κ2) is 8.23. The van der Waals surface area contributed by atoms with Gasteiger partial charge in [0, 0.05) is 0 Å². The number of carbonyl (C=O) groups is 1. The van der Waals surface area contributed by atoms with Crippen LogP contribution in [-0.4, -0.2) is 27.9 Å². The van der Waals surface area contributed by atoms with Gasteiger partial charge in [0.1, 0.15) is 17.7 Å². The Kier molecular flexibility index (Phi) is 6.12. The Bertz CT molecular complexity index is 886. The van der Waals surface area contributed by atoms with Crippen LogP contribution in [-0.2, 0) is 0 Å². The topological polar surface area (TPSA) is 69.6 Å². The second-order valence-corrected chi connectivity index (χ2v) is 7.78. The van der Waals surface area contributed by atoms with Crippen LogP contribution in [0.5, 0.6) is 5.75 Å². The molecule has 0 aromatic heterocycles. The molecule has 1 fully saturated rings. The van der Waals surface area contributed by atoms with Crippen molar-refractivity contribution in [1.82, 2.24) is 5.32 Å². The lowest BCUT2D eigenvalue weighted by Gasteiger charge is -2.41. The predicted molar refractivity (Wildman–Crippen MR) is 103 cm³/mol. The molecule has 0 heterocycles. The fourth-order valence-electron chi connectivity index (χ4n) is 3.51. The van der Waals surface area contributed by atoms with Crippen molar-refractivity contribution in [3.63, 3.8) is 0 Å². The number of carbonyl (C=O) groups excluding carboxylic acids is 1. The van der Waals surface area contributed by atoms with E-state index in [0.717, 1.165) is 0 Å². The molecule has 1 aliphatic carbocycles. The Morgan fingerprint density at radius 1 is 1.21 bits per heavy atom. The molecule has 0 saturated heterocycles. The van der Waals surface area contributed by atoms with Gasteiger partial charge in [-0.25, -0.2) is 8.78 Å². The molecular weight excluding hydrogens is 411 g/mol. The third-order valence-electron chi connectivity index (χ3n) is 5.08. The van der Waals surface area contributed by atoms with Gasteiger partial charge in [0.05, 0.1) is 27.3 Å². The van der Waals surface area contributed by atoms with Gasteiger partial charge in [0.15, 0.2) is 0 Å². The molecule has 0 radical (unpaired) electrons. The van der Waals surface area contributed by atoms with Crippen LogP contribution < -0.4 is 5.32 Å². The zero-order chi connectivity index (χ0) is 20.5. The average Bonchev–Trinajstić information content (AvgIpc) is 2.66. The van der Waals surface area contributed by atoms with Gasteiger partial charge in [0.2, 0.25) is 0 Å². The minimum absolute atomic E-state index is 0.0121. The number of rotatable bonds is 4. The zero-order valence-corrected chi connectivity index (χ0v) is 16.3. The minimum Gasteiger partial charge on any atom is -0.508 e. The summed E-state index contributed by atoms with van der Waals surface area (Å²) in [7, 11) is 0. The lowest BCUT2D eigenvalue weighted by molar-refractivity contribution is -0.0445. The highest BCUT2D eigenvalue weighted by Gasteiger charge is 2.43. The van der Waals surface area contributed by atoms with Crippen molar-refractivity contribution in [2.45, 2.75) is 43.5 Å². The van der Waals surface area contributed by atoms with Gasteiger partial charge in [-0.3, -0.25) is 4.79 Å². The summed E-state index contributed by atoms with van der Waals surface area (Å²) in [5.41, 5.74) is -1.34. The zero-order valence-electron chi connectivity index (χ0n) is 14.8. The third kappa shape index (κ3) is 4.24. The first-order chi connectivity index (χ1) is 13.2. The van der Waals surface area contributed by atoms with E-state index in [1.165, 1.54) is 36.4 Å². The molecule has 1 saturated carbocycles.